The van der Waals surface area contributed by atoms with E-state index in [1.807, 2.05) is 39.5 Å². The third-order valence-electron chi connectivity index (χ3n) is 4.52. The normalized spacial score (nSPS) is 14.8. The Kier molecular flexibility index (Phi) is 4.10. The third-order valence-corrected chi connectivity index (χ3v) is 4.93. The van der Waals surface area contributed by atoms with Crippen LogP contribution in [0.2, 0.25) is 0 Å². The summed E-state index contributed by atoms with van der Waals surface area (Å²) in [7, 11) is 0. The number of pyridine rings is 1. The summed E-state index contributed by atoms with van der Waals surface area (Å²) >= 11 is 3.40. The Morgan fingerprint density at radius 1 is 1.07 bits per heavy atom. The van der Waals surface area contributed by atoms with Gasteiger partial charge in [-0.05, 0) is 28.1 Å². The minimum Gasteiger partial charge on any atom is -0.378 e. The number of halogens is 1. The molecule has 5 heterocycles. The van der Waals surface area contributed by atoms with E-state index in [4.69, 9.17) is 14.8 Å². The zero-order chi connectivity index (χ0) is 18.2. The van der Waals surface area contributed by atoms with Crippen molar-refractivity contribution >= 4 is 27.4 Å². The van der Waals surface area contributed by atoms with Gasteiger partial charge in [-0.25, -0.2) is 9.97 Å². The number of rotatable bonds is 3. The fraction of sp³-hybridized carbons (Fsp3) is 0.222. The van der Waals surface area contributed by atoms with Crippen LogP contribution in [0.5, 0.6) is 0 Å². The fourth-order valence-electron chi connectivity index (χ4n) is 3.18. The quantitative estimate of drug-likeness (QED) is 0.502. The number of morpholine rings is 1. The van der Waals surface area contributed by atoms with Gasteiger partial charge in [0.2, 0.25) is 0 Å². The van der Waals surface area contributed by atoms with E-state index in [1.54, 1.807) is 18.7 Å². The molecule has 0 spiro atoms. The van der Waals surface area contributed by atoms with Gasteiger partial charge in [0, 0.05) is 49.4 Å². The first-order chi connectivity index (χ1) is 13.3. The van der Waals surface area contributed by atoms with Gasteiger partial charge >= 0.3 is 0 Å². The minimum atomic E-state index is 0.703. The molecule has 0 aliphatic carbocycles. The lowest BCUT2D eigenvalue weighted by molar-refractivity contribution is 0.122. The van der Waals surface area contributed by atoms with Crippen molar-refractivity contribution < 1.29 is 4.74 Å². The molecular weight excluding hydrogens is 410 g/mol. The van der Waals surface area contributed by atoms with Crippen molar-refractivity contribution in [3.63, 3.8) is 0 Å². The molecule has 4 aromatic rings. The van der Waals surface area contributed by atoms with Gasteiger partial charge in [0.05, 0.1) is 18.9 Å². The summed E-state index contributed by atoms with van der Waals surface area (Å²) in [6.45, 7) is 3.04. The highest BCUT2D eigenvalue weighted by Crippen LogP contribution is 2.25. The largest absolute Gasteiger partial charge is 0.378 e. The van der Waals surface area contributed by atoms with Crippen LogP contribution in [0, 0.1) is 0 Å². The molecule has 0 radical (unpaired) electrons. The smallest absolute Gasteiger partial charge is 0.160 e. The standard InChI is InChI=1S/C18H16BrN7O/c19-15-11-25(12-21-15)16-10-18(24-5-7-27-8-6-24)26-17(22-16)9-14(23-26)13-1-3-20-4-2-13/h1-4,9-12H,5-8H2. The number of ether oxygens (including phenoxy) is 1. The van der Waals surface area contributed by atoms with Gasteiger partial charge in [-0.1, -0.05) is 0 Å². The van der Waals surface area contributed by atoms with Crippen molar-refractivity contribution in [1.82, 2.24) is 29.1 Å². The lowest BCUT2D eigenvalue weighted by atomic mass is 10.2. The zero-order valence-electron chi connectivity index (χ0n) is 14.4. The Bertz CT molecular complexity index is 1090. The maximum absolute atomic E-state index is 5.51. The molecule has 0 amide bonds. The molecule has 1 saturated heterocycles. The van der Waals surface area contributed by atoms with Gasteiger partial charge in [0.25, 0.3) is 0 Å². The van der Waals surface area contributed by atoms with Crippen molar-refractivity contribution in [2.45, 2.75) is 0 Å². The number of anilines is 1. The molecule has 27 heavy (non-hydrogen) atoms. The van der Waals surface area contributed by atoms with E-state index in [0.29, 0.717) is 13.2 Å². The second-order valence-corrected chi connectivity index (χ2v) is 7.02. The van der Waals surface area contributed by atoms with Gasteiger partial charge in [0.15, 0.2) is 5.65 Å². The van der Waals surface area contributed by atoms with Crippen LogP contribution in [-0.4, -0.2) is 55.4 Å². The van der Waals surface area contributed by atoms with Crippen molar-refractivity contribution in [3.8, 4) is 17.1 Å². The fourth-order valence-corrected chi connectivity index (χ4v) is 3.50. The summed E-state index contributed by atoms with van der Waals surface area (Å²) in [5, 5.41) is 4.81. The molecule has 0 saturated carbocycles. The average Bonchev–Trinajstić information content (AvgIpc) is 3.35. The first kappa shape index (κ1) is 16.4. The van der Waals surface area contributed by atoms with Crippen molar-refractivity contribution in [3.05, 3.63) is 53.8 Å². The number of hydrogen-bond donors (Lipinski definition) is 0. The van der Waals surface area contributed by atoms with E-state index in [9.17, 15) is 0 Å². The van der Waals surface area contributed by atoms with Crippen LogP contribution in [0.4, 0.5) is 5.82 Å². The number of fused-ring (bicyclic) bond motifs is 1. The first-order valence-corrected chi connectivity index (χ1v) is 9.41. The lowest BCUT2D eigenvalue weighted by Crippen LogP contribution is -2.37. The van der Waals surface area contributed by atoms with E-state index in [1.165, 1.54) is 0 Å². The Morgan fingerprint density at radius 2 is 1.89 bits per heavy atom. The SMILES string of the molecule is Brc1cn(-c2cc(N3CCOCC3)n3nc(-c4ccncc4)cc3n2)cn1. The van der Waals surface area contributed by atoms with E-state index < -0.39 is 0 Å². The summed E-state index contributed by atoms with van der Waals surface area (Å²) in [5.41, 5.74) is 2.66. The van der Waals surface area contributed by atoms with Gasteiger partial charge in [-0.15, -0.1) is 0 Å². The van der Waals surface area contributed by atoms with Crippen LogP contribution in [0.15, 0.2) is 53.8 Å². The van der Waals surface area contributed by atoms with Crippen LogP contribution in [0.25, 0.3) is 22.7 Å². The predicted octanol–water partition coefficient (Wildman–Crippen LogP) is 2.58. The van der Waals surface area contributed by atoms with E-state index >= 15 is 0 Å². The third kappa shape index (κ3) is 3.08. The van der Waals surface area contributed by atoms with Gasteiger partial charge in [-0.2, -0.15) is 9.61 Å². The second-order valence-electron chi connectivity index (χ2n) is 6.21. The molecule has 0 aromatic carbocycles. The number of hydrogen-bond acceptors (Lipinski definition) is 6. The van der Waals surface area contributed by atoms with Crippen LogP contribution < -0.4 is 4.90 Å². The predicted molar refractivity (Wildman–Crippen MR) is 104 cm³/mol. The van der Waals surface area contributed by atoms with Crippen LogP contribution >= 0.6 is 15.9 Å². The van der Waals surface area contributed by atoms with Crippen LogP contribution in [-0.2, 0) is 4.74 Å². The number of aromatic nitrogens is 6. The molecular formula is C18H16BrN7O. The summed E-state index contributed by atoms with van der Waals surface area (Å²) in [4.78, 5) is 15.4. The topological polar surface area (TPSA) is 73.4 Å². The number of imidazole rings is 1. The molecule has 1 aliphatic rings. The summed E-state index contributed by atoms with van der Waals surface area (Å²) in [6.07, 6.45) is 7.17. The molecule has 9 heteroatoms. The molecule has 8 nitrogen and oxygen atoms in total. The Labute approximate surface area is 163 Å². The second kappa shape index (κ2) is 6.75. The average molecular weight is 426 g/mol. The maximum atomic E-state index is 5.51. The minimum absolute atomic E-state index is 0.703. The highest BCUT2D eigenvalue weighted by Gasteiger charge is 2.19. The molecule has 0 unspecified atom stereocenters. The Morgan fingerprint density at radius 3 is 2.63 bits per heavy atom. The first-order valence-electron chi connectivity index (χ1n) is 8.62. The van der Waals surface area contributed by atoms with Gasteiger partial charge in [0.1, 0.15) is 22.6 Å². The maximum Gasteiger partial charge on any atom is 0.160 e. The van der Waals surface area contributed by atoms with Gasteiger partial charge in [-0.3, -0.25) is 9.55 Å². The number of nitrogens with zero attached hydrogens (tertiary/aromatic N) is 7. The lowest BCUT2D eigenvalue weighted by Gasteiger charge is -2.29. The van der Waals surface area contributed by atoms with E-state index in [2.05, 4.69) is 30.8 Å². The summed E-state index contributed by atoms with van der Waals surface area (Å²) in [6, 6.07) is 7.93. The zero-order valence-corrected chi connectivity index (χ0v) is 15.9. The van der Waals surface area contributed by atoms with Crippen LogP contribution in [0.1, 0.15) is 0 Å². The highest BCUT2D eigenvalue weighted by atomic mass is 79.9. The molecule has 136 valence electrons. The van der Waals surface area contributed by atoms with Crippen molar-refractivity contribution in [2.75, 3.05) is 31.2 Å². The molecule has 4 aromatic heterocycles. The summed E-state index contributed by atoms with van der Waals surface area (Å²) < 4.78 is 10.1. The molecule has 0 atom stereocenters. The van der Waals surface area contributed by atoms with Crippen molar-refractivity contribution in [2.24, 2.45) is 0 Å². The molecule has 1 fully saturated rings. The molecule has 0 N–H and O–H groups in total. The summed E-state index contributed by atoms with van der Waals surface area (Å²) in [5.74, 6) is 1.78. The monoisotopic (exact) mass is 425 g/mol. The molecule has 5 rings (SSSR count). The Balaban J connectivity index is 1.69. The van der Waals surface area contributed by atoms with Crippen molar-refractivity contribution in [1.29, 1.82) is 0 Å². The molecule has 1 aliphatic heterocycles. The van der Waals surface area contributed by atoms with E-state index in [0.717, 1.165) is 46.2 Å². The van der Waals surface area contributed by atoms with E-state index in [-0.39, 0.29) is 0 Å². The molecule has 0 bridgehead atoms. The highest BCUT2D eigenvalue weighted by molar-refractivity contribution is 9.10. The Hall–Kier alpha value is -2.78. The van der Waals surface area contributed by atoms with Crippen LogP contribution in [0.3, 0.4) is 0 Å². The van der Waals surface area contributed by atoms with Gasteiger partial charge < -0.3 is 9.64 Å².